The van der Waals surface area contributed by atoms with Gasteiger partial charge >= 0.3 is 0 Å². The molecule has 2 aromatic rings. The van der Waals surface area contributed by atoms with Gasteiger partial charge in [0.2, 0.25) is 0 Å². The molecule has 0 amide bonds. The van der Waals surface area contributed by atoms with Crippen molar-refractivity contribution >= 4 is 17.3 Å². The predicted octanol–water partition coefficient (Wildman–Crippen LogP) is 5.40. The predicted molar refractivity (Wildman–Crippen MR) is 101 cm³/mol. The molecule has 0 bridgehead atoms. The highest BCUT2D eigenvalue weighted by atomic mass is 32.1. The van der Waals surface area contributed by atoms with Crippen LogP contribution in [0.3, 0.4) is 0 Å². The quantitative estimate of drug-likeness (QED) is 0.629. The van der Waals surface area contributed by atoms with E-state index in [0.717, 1.165) is 22.6 Å². The summed E-state index contributed by atoms with van der Waals surface area (Å²) >= 11 is 5.21. The average molecular weight is 344 g/mol. The zero-order valence-corrected chi connectivity index (χ0v) is 15.5. The van der Waals surface area contributed by atoms with Crippen LogP contribution in [0.15, 0.2) is 36.4 Å². The van der Waals surface area contributed by atoms with E-state index in [2.05, 4.69) is 13.0 Å². The third-order valence-corrected chi connectivity index (χ3v) is 3.98. The summed E-state index contributed by atoms with van der Waals surface area (Å²) in [7, 11) is 0. The second-order valence-electron chi connectivity index (χ2n) is 5.55. The van der Waals surface area contributed by atoms with Crippen molar-refractivity contribution in [3.05, 3.63) is 53.1 Å². The Bertz CT molecular complexity index is 710. The SMILES string of the molecule is CCOc1cccc(OC(=S)CC)c1COc1ccc(C)cc1C. The molecule has 0 atom stereocenters. The monoisotopic (exact) mass is 344 g/mol. The fraction of sp³-hybridized carbons (Fsp3) is 0.350. The van der Waals surface area contributed by atoms with Crippen LogP contribution in [0.5, 0.6) is 17.2 Å². The number of ether oxygens (including phenoxy) is 3. The third kappa shape index (κ3) is 4.71. The maximum absolute atomic E-state index is 6.02. The van der Waals surface area contributed by atoms with Crippen LogP contribution >= 0.6 is 12.2 Å². The van der Waals surface area contributed by atoms with Crippen LogP contribution in [-0.4, -0.2) is 11.7 Å². The normalized spacial score (nSPS) is 10.3. The molecular formula is C20H24O3S. The first kappa shape index (κ1) is 18.3. The van der Waals surface area contributed by atoms with E-state index < -0.39 is 0 Å². The lowest BCUT2D eigenvalue weighted by molar-refractivity contribution is 0.280. The molecule has 0 saturated carbocycles. The van der Waals surface area contributed by atoms with Crippen LogP contribution in [0.1, 0.15) is 37.0 Å². The van der Waals surface area contributed by atoms with Gasteiger partial charge in [-0.2, -0.15) is 0 Å². The fourth-order valence-corrected chi connectivity index (χ4v) is 2.47. The largest absolute Gasteiger partial charge is 0.493 e. The van der Waals surface area contributed by atoms with Crippen molar-refractivity contribution in [1.29, 1.82) is 0 Å². The second-order valence-corrected chi connectivity index (χ2v) is 6.01. The second kappa shape index (κ2) is 8.69. The highest BCUT2D eigenvalue weighted by Gasteiger charge is 2.14. The Hall–Kier alpha value is -2.07. The Morgan fingerprint density at radius 2 is 1.71 bits per heavy atom. The van der Waals surface area contributed by atoms with Crippen molar-refractivity contribution < 1.29 is 14.2 Å². The number of benzene rings is 2. The lowest BCUT2D eigenvalue weighted by Crippen LogP contribution is -2.09. The lowest BCUT2D eigenvalue weighted by Gasteiger charge is -2.17. The summed E-state index contributed by atoms with van der Waals surface area (Å²) in [5.41, 5.74) is 3.19. The Morgan fingerprint density at radius 1 is 0.958 bits per heavy atom. The number of rotatable bonds is 7. The number of aryl methyl sites for hydroxylation is 2. The van der Waals surface area contributed by atoms with Crippen LogP contribution in [0.4, 0.5) is 0 Å². The summed E-state index contributed by atoms with van der Waals surface area (Å²) in [4.78, 5) is 0. The highest BCUT2D eigenvalue weighted by Crippen LogP contribution is 2.31. The molecular weight excluding hydrogens is 320 g/mol. The topological polar surface area (TPSA) is 27.7 Å². The summed E-state index contributed by atoms with van der Waals surface area (Å²) in [6, 6.07) is 11.9. The van der Waals surface area contributed by atoms with Crippen LogP contribution in [0, 0.1) is 13.8 Å². The van der Waals surface area contributed by atoms with Gasteiger partial charge in [0.15, 0.2) is 5.05 Å². The Balaban J connectivity index is 2.26. The van der Waals surface area contributed by atoms with E-state index in [0.29, 0.717) is 30.4 Å². The summed E-state index contributed by atoms with van der Waals surface area (Å²) in [6.07, 6.45) is 0.686. The van der Waals surface area contributed by atoms with Gasteiger partial charge < -0.3 is 14.2 Å². The van der Waals surface area contributed by atoms with E-state index in [1.807, 2.05) is 51.1 Å². The van der Waals surface area contributed by atoms with E-state index in [1.165, 1.54) is 5.56 Å². The first-order chi connectivity index (χ1) is 11.5. The minimum absolute atomic E-state index is 0.363. The summed E-state index contributed by atoms with van der Waals surface area (Å²) in [5, 5.41) is 0.552. The number of hydrogen-bond donors (Lipinski definition) is 0. The molecule has 24 heavy (non-hydrogen) atoms. The maximum atomic E-state index is 6.02. The molecule has 0 saturated heterocycles. The first-order valence-electron chi connectivity index (χ1n) is 8.20. The number of hydrogen-bond acceptors (Lipinski definition) is 4. The Morgan fingerprint density at radius 3 is 2.38 bits per heavy atom. The Kier molecular flexibility index (Phi) is 6.62. The molecule has 0 aliphatic carbocycles. The average Bonchev–Trinajstić information content (AvgIpc) is 2.56. The third-order valence-electron chi connectivity index (χ3n) is 3.60. The molecule has 0 aliphatic rings. The van der Waals surface area contributed by atoms with Crippen molar-refractivity contribution in [2.24, 2.45) is 0 Å². The summed E-state index contributed by atoms with van der Waals surface area (Å²) < 4.78 is 17.5. The van der Waals surface area contributed by atoms with Crippen LogP contribution in [0.2, 0.25) is 0 Å². The minimum atomic E-state index is 0.363. The van der Waals surface area contributed by atoms with E-state index in [9.17, 15) is 0 Å². The zero-order valence-electron chi connectivity index (χ0n) is 14.7. The van der Waals surface area contributed by atoms with Crippen molar-refractivity contribution in [1.82, 2.24) is 0 Å². The van der Waals surface area contributed by atoms with Gasteiger partial charge in [-0.15, -0.1) is 0 Å². The first-order valence-corrected chi connectivity index (χ1v) is 8.61. The molecule has 0 aromatic heterocycles. The molecule has 128 valence electrons. The van der Waals surface area contributed by atoms with Gasteiger partial charge in [0.1, 0.15) is 23.9 Å². The van der Waals surface area contributed by atoms with Crippen molar-refractivity contribution in [2.45, 2.75) is 40.7 Å². The van der Waals surface area contributed by atoms with Gasteiger partial charge in [0.05, 0.1) is 12.2 Å². The van der Waals surface area contributed by atoms with Crippen LogP contribution in [-0.2, 0) is 6.61 Å². The fourth-order valence-electron chi connectivity index (χ4n) is 2.38. The van der Waals surface area contributed by atoms with E-state index in [-0.39, 0.29) is 0 Å². The van der Waals surface area contributed by atoms with E-state index in [4.69, 9.17) is 26.4 Å². The molecule has 2 aromatic carbocycles. The molecule has 0 radical (unpaired) electrons. The van der Waals surface area contributed by atoms with Gasteiger partial charge in [0.25, 0.3) is 0 Å². The van der Waals surface area contributed by atoms with Crippen molar-refractivity contribution in [3.8, 4) is 17.2 Å². The Labute approximate surface area is 149 Å². The number of thiocarbonyl (C=S) groups is 1. The van der Waals surface area contributed by atoms with E-state index in [1.54, 1.807) is 0 Å². The lowest BCUT2D eigenvalue weighted by atomic mass is 10.1. The zero-order chi connectivity index (χ0) is 17.5. The van der Waals surface area contributed by atoms with Gasteiger partial charge in [0, 0.05) is 6.42 Å². The van der Waals surface area contributed by atoms with Gasteiger partial charge in [-0.1, -0.05) is 30.7 Å². The highest BCUT2D eigenvalue weighted by molar-refractivity contribution is 7.80. The van der Waals surface area contributed by atoms with Crippen molar-refractivity contribution in [3.63, 3.8) is 0 Å². The maximum Gasteiger partial charge on any atom is 0.167 e. The van der Waals surface area contributed by atoms with Gasteiger partial charge in [-0.25, -0.2) is 0 Å². The van der Waals surface area contributed by atoms with Crippen LogP contribution < -0.4 is 14.2 Å². The molecule has 0 N–H and O–H groups in total. The molecule has 0 aliphatic heterocycles. The summed E-state index contributed by atoms with van der Waals surface area (Å²) in [6.45, 7) is 8.98. The van der Waals surface area contributed by atoms with Crippen molar-refractivity contribution in [2.75, 3.05) is 6.61 Å². The van der Waals surface area contributed by atoms with Crippen LogP contribution in [0.25, 0.3) is 0 Å². The molecule has 0 spiro atoms. The standard InChI is InChI=1S/C20H24O3S/c1-5-20(24)23-19-9-7-8-18(21-6-2)16(19)13-22-17-11-10-14(3)12-15(17)4/h7-12H,5-6,13H2,1-4H3. The van der Waals surface area contributed by atoms with Gasteiger partial charge in [-0.3, -0.25) is 0 Å². The molecule has 0 fully saturated rings. The molecule has 0 heterocycles. The smallest absolute Gasteiger partial charge is 0.167 e. The molecule has 0 unspecified atom stereocenters. The minimum Gasteiger partial charge on any atom is -0.493 e. The molecule has 4 heteroatoms. The molecule has 3 nitrogen and oxygen atoms in total. The van der Waals surface area contributed by atoms with Gasteiger partial charge in [-0.05, 0) is 56.8 Å². The summed E-state index contributed by atoms with van der Waals surface area (Å²) in [5.74, 6) is 2.31. The molecule has 2 rings (SSSR count). The van der Waals surface area contributed by atoms with E-state index >= 15 is 0 Å².